The highest BCUT2D eigenvalue weighted by molar-refractivity contribution is 7.19. The molecule has 2 atom stereocenters. The van der Waals surface area contributed by atoms with Gasteiger partial charge in [0.15, 0.2) is 5.69 Å². The first-order valence-electron chi connectivity index (χ1n) is 11.3. The standard InChI is InChI=1S/C24H28F2N6O2S/c1-12(2)34-15-7-16(25)20(17(26)8-15)24-31-21(22(28)35-24)23(33)30-18-9-29-5-4-19(18)32-10-13(3)6-14(27)11-32/h4-5,7-9,12-14H,6,10-11,27-28H2,1-3H3,(H,30,33). The molecule has 1 aliphatic heterocycles. The molecule has 0 saturated carbocycles. The van der Waals surface area contributed by atoms with Gasteiger partial charge in [0.1, 0.15) is 27.4 Å². The molecule has 1 saturated heterocycles. The second-order valence-corrected chi connectivity index (χ2v) is 10.0. The smallest absolute Gasteiger partial charge is 0.277 e. The minimum absolute atomic E-state index is 0.0225. The zero-order valence-electron chi connectivity index (χ0n) is 19.7. The van der Waals surface area contributed by atoms with E-state index in [9.17, 15) is 13.6 Å². The molecule has 0 bridgehead atoms. The Hall–Kier alpha value is -3.31. The van der Waals surface area contributed by atoms with Crippen molar-refractivity contribution in [3.63, 3.8) is 0 Å². The Balaban J connectivity index is 1.59. The van der Waals surface area contributed by atoms with Gasteiger partial charge in [0.05, 0.1) is 29.2 Å². The van der Waals surface area contributed by atoms with Gasteiger partial charge in [0.25, 0.3) is 5.91 Å². The first-order valence-corrected chi connectivity index (χ1v) is 12.1. The number of hydrogen-bond donors (Lipinski definition) is 3. The highest BCUT2D eigenvalue weighted by Crippen LogP contribution is 2.36. The Morgan fingerprint density at radius 2 is 2.00 bits per heavy atom. The zero-order chi connectivity index (χ0) is 25.3. The SMILES string of the molecule is CC1CC(N)CN(c2ccncc2NC(=O)c2nc(-c3c(F)cc(OC(C)C)cc3F)sc2N)C1. The van der Waals surface area contributed by atoms with Gasteiger partial charge in [-0.15, -0.1) is 0 Å². The van der Waals surface area contributed by atoms with E-state index < -0.39 is 17.5 Å². The molecule has 2 aromatic heterocycles. The summed E-state index contributed by atoms with van der Waals surface area (Å²) in [6, 6.07) is 4.00. The van der Waals surface area contributed by atoms with Gasteiger partial charge in [-0.3, -0.25) is 9.78 Å². The van der Waals surface area contributed by atoms with Crippen LogP contribution in [0.25, 0.3) is 10.6 Å². The van der Waals surface area contributed by atoms with Crippen LogP contribution in [0.15, 0.2) is 30.6 Å². The van der Waals surface area contributed by atoms with Gasteiger partial charge in [-0.05, 0) is 32.3 Å². The fourth-order valence-corrected chi connectivity index (χ4v) is 5.11. The summed E-state index contributed by atoms with van der Waals surface area (Å²) in [4.78, 5) is 23.5. The largest absolute Gasteiger partial charge is 0.491 e. The van der Waals surface area contributed by atoms with Crippen LogP contribution in [0.2, 0.25) is 0 Å². The van der Waals surface area contributed by atoms with Gasteiger partial charge in [-0.2, -0.15) is 0 Å². The van der Waals surface area contributed by atoms with Crippen LogP contribution in [0.1, 0.15) is 37.7 Å². The lowest BCUT2D eigenvalue weighted by Crippen LogP contribution is -2.46. The van der Waals surface area contributed by atoms with Crippen molar-refractivity contribution in [2.24, 2.45) is 11.7 Å². The van der Waals surface area contributed by atoms with Crippen LogP contribution in [0.3, 0.4) is 0 Å². The quantitative estimate of drug-likeness (QED) is 0.460. The van der Waals surface area contributed by atoms with Crippen molar-refractivity contribution < 1.29 is 18.3 Å². The molecule has 1 aromatic carbocycles. The summed E-state index contributed by atoms with van der Waals surface area (Å²) < 4.78 is 34.8. The Bertz CT molecular complexity index is 1200. The summed E-state index contributed by atoms with van der Waals surface area (Å²) in [7, 11) is 0. The molecule has 2 unspecified atom stereocenters. The van der Waals surface area contributed by atoms with E-state index in [1.54, 1.807) is 20.0 Å². The molecule has 186 valence electrons. The number of nitrogens with zero attached hydrogens (tertiary/aromatic N) is 3. The molecule has 8 nitrogen and oxygen atoms in total. The molecule has 11 heteroatoms. The summed E-state index contributed by atoms with van der Waals surface area (Å²) in [6.07, 6.45) is 3.86. The number of ether oxygens (including phenoxy) is 1. The average Bonchev–Trinajstić information content (AvgIpc) is 3.13. The van der Waals surface area contributed by atoms with E-state index in [1.165, 1.54) is 6.20 Å². The van der Waals surface area contributed by atoms with Gasteiger partial charge in [-0.1, -0.05) is 18.3 Å². The predicted octanol–water partition coefficient (Wildman–Crippen LogP) is 4.28. The second kappa shape index (κ2) is 10.1. The first-order chi connectivity index (χ1) is 16.6. The molecular weight excluding hydrogens is 474 g/mol. The lowest BCUT2D eigenvalue weighted by molar-refractivity contribution is 0.102. The van der Waals surface area contributed by atoms with Crippen molar-refractivity contribution in [3.8, 4) is 16.3 Å². The van der Waals surface area contributed by atoms with Gasteiger partial charge < -0.3 is 26.4 Å². The number of carbonyl (C=O) groups excluding carboxylic acids is 1. The van der Waals surface area contributed by atoms with E-state index in [1.807, 2.05) is 6.07 Å². The maximum absolute atomic E-state index is 14.7. The van der Waals surface area contributed by atoms with Gasteiger partial charge in [0, 0.05) is 37.5 Å². The minimum Gasteiger partial charge on any atom is -0.491 e. The number of pyridine rings is 1. The number of nitrogens with two attached hydrogens (primary N) is 2. The highest BCUT2D eigenvalue weighted by atomic mass is 32.1. The number of amides is 1. The van der Waals surface area contributed by atoms with Crippen LogP contribution in [0.5, 0.6) is 5.75 Å². The molecule has 1 amide bonds. The average molecular weight is 503 g/mol. The van der Waals surface area contributed by atoms with E-state index in [4.69, 9.17) is 16.2 Å². The number of anilines is 3. The monoisotopic (exact) mass is 502 g/mol. The van der Waals surface area contributed by atoms with Crippen LogP contribution in [-0.4, -0.2) is 41.1 Å². The number of aromatic nitrogens is 2. The first kappa shape index (κ1) is 24.8. The molecule has 0 aliphatic carbocycles. The van der Waals surface area contributed by atoms with Crippen molar-refractivity contribution in [2.45, 2.75) is 39.3 Å². The Labute approximate surface area is 206 Å². The number of nitrogen functional groups attached to an aromatic ring is 1. The number of halogens is 2. The zero-order valence-corrected chi connectivity index (χ0v) is 20.5. The van der Waals surface area contributed by atoms with Gasteiger partial charge >= 0.3 is 0 Å². The summed E-state index contributed by atoms with van der Waals surface area (Å²) in [5.41, 5.74) is 13.0. The maximum atomic E-state index is 14.7. The summed E-state index contributed by atoms with van der Waals surface area (Å²) in [5.74, 6) is -1.85. The van der Waals surface area contributed by atoms with Crippen LogP contribution < -0.4 is 26.4 Å². The minimum atomic E-state index is -0.855. The molecule has 1 fully saturated rings. The topological polar surface area (TPSA) is 119 Å². The van der Waals surface area contributed by atoms with Gasteiger partial charge in [-0.25, -0.2) is 13.8 Å². The number of rotatable bonds is 6. The third kappa shape index (κ3) is 5.51. The Morgan fingerprint density at radius 3 is 2.66 bits per heavy atom. The fourth-order valence-electron chi connectivity index (χ4n) is 4.23. The van der Waals surface area contributed by atoms with E-state index in [-0.39, 0.29) is 39.2 Å². The summed E-state index contributed by atoms with van der Waals surface area (Å²) in [5, 5.41) is 2.79. The molecule has 1 aliphatic rings. The van der Waals surface area contributed by atoms with Crippen molar-refractivity contribution in [2.75, 3.05) is 29.0 Å². The molecule has 3 heterocycles. The molecule has 5 N–H and O–H groups in total. The third-order valence-electron chi connectivity index (χ3n) is 5.55. The fraction of sp³-hybridized carbons (Fsp3) is 0.375. The Morgan fingerprint density at radius 1 is 1.29 bits per heavy atom. The van der Waals surface area contributed by atoms with Crippen LogP contribution in [-0.2, 0) is 0 Å². The molecule has 3 aromatic rings. The predicted molar refractivity (Wildman–Crippen MR) is 134 cm³/mol. The molecular formula is C24H28F2N6O2S. The van der Waals surface area contributed by atoms with E-state index in [0.717, 1.165) is 42.1 Å². The van der Waals surface area contributed by atoms with Crippen molar-refractivity contribution in [1.29, 1.82) is 0 Å². The molecule has 35 heavy (non-hydrogen) atoms. The number of benzene rings is 1. The maximum Gasteiger partial charge on any atom is 0.277 e. The lowest BCUT2D eigenvalue weighted by Gasteiger charge is -2.37. The lowest BCUT2D eigenvalue weighted by atomic mass is 9.96. The van der Waals surface area contributed by atoms with Gasteiger partial charge in [0.2, 0.25) is 0 Å². The highest BCUT2D eigenvalue weighted by Gasteiger charge is 2.26. The second-order valence-electron chi connectivity index (χ2n) is 9.01. The number of hydrogen-bond acceptors (Lipinski definition) is 8. The van der Waals surface area contributed by atoms with E-state index in [0.29, 0.717) is 18.2 Å². The van der Waals surface area contributed by atoms with Crippen molar-refractivity contribution in [3.05, 3.63) is 47.9 Å². The third-order valence-corrected chi connectivity index (χ3v) is 6.45. The van der Waals surface area contributed by atoms with Crippen molar-refractivity contribution in [1.82, 2.24) is 9.97 Å². The number of carbonyl (C=O) groups is 1. The molecule has 4 rings (SSSR count). The van der Waals surface area contributed by atoms with Crippen LogP contribution >= 0.6 is 11.3 Å². The number of piperidine rings is 1. The summed E-state index contributed by atoms with van der Waals surface area (Å²) in [6.45, 7) is 7.07. The van der Waals surface area contributed by atoms with Crippen molar-refractivity contribution >= 4 is 33.6 Å². The number of thiazole rings is 1. The summed E-state index contributed by atoms with van der Waals surface area (Å²) >= 11 is 0.830. The van der Waals surface area contributed by atoms with Crippen LogP contribution in [0, 0.1) is 17.6 Å². The Kier molecular flexibility index (Phi) is 7.18. The van der Waals surface area contributed by atoms with E-state index in [2.05, 4.69) is 27.1 Å². The molecule has 0 radical (unpaired) electrons. The molecule has 0 spiro atoms. The van der Waals surface area contributed by atoms with E-state index >= 15 is 0 Å². The van der Waals surface area contributed by atoms with Crippen LogP contribution in [0.4, 0.5) is 25.2 Å². The number of nitrogens with one attached hydrogen (secondary N) is 1. The normalized spacial score (nSPS) is 18.1.